The topological polar surface area (TPSA) is 59.6 Å². The average molecular weight is 209 g/mol. The molecule has 0 fully saturated rings. The lowest BCUT2D eigenvalue weighted by Gasteiger charge is -2.00. The van der Waals surface area contributed by atoms with Crippen molar-refractivity contribution in [2.24, 2.45) is 10.8 Å². The fourth-order valence-electron chi connectivity index (χ4n) is 0.797. The minimum atomic E-state index is 0.140. The van der Waals surface area contributed by atoms with E-state index >= 15 is 0 Å². The summed E-state index contributed by atoms with van der Waals surface area (Å²) < 4.78 is 5.31. The predicted octanol–water partition coefficient (Wildman–Crippen LogP) is 0.884. The fraction of sp³-hybridized carbons (Fsp3) is 0.111. The smallest absolute Gasteiger partial charge is 0.184 e. The van der Waals surface area contributed by atoms with Gasteiger partial charge in [0.1, 0.15) is 12.4 Å². The number of hydrogen-bond acceptors (Lipinski definition) is 3. The zero-order valence-corrected chi connectivity index (χ0v) is 8.33. The van der Waals surface area contributed by atoms with E-state index in [1.807, 2.05) is 30.3 Å². The molecule has 5 heteroatoms. The van der Waals surface area contributed by atoms with Gasteiger partial charge in [-0.2, -0.15) is 5.10 Å². The molecule has 3 N–H and O–H groups in total. The van der Waals surface area contributed by atoms with Crippen molar-refractivity contribution in [2.45, 2.75) is 0 Å². The van der Waals surface area contributed by atoms with Crippen LogP contribution in [0.3, 0.4) is 0 Å². The number of hydrazone groups is 1. The summed E-state index contributed by atoms with van der Waals surface area (Å²) >= 11 is 4.55. The molecule has 0 saturated heterocycles. The molecule has 0 bridgehead atoms. The molecule has 0 spiro atoms. The van der Waals surface area contributed by atoms with E-state index in [4.69, 9.17) is 10.5 Å². The summed E-state index contributed by atoms with van der Waals surface area (Å²) in [5.41, 5.74) is 7.58. The van der Waals surface area contributed by atoms with Crippen LogP contribution in [0.15, 0.2) is 35.4 Å². The van der Waals surface area contributed by atoms with Crippen molar-refractivity contribution in [3.05, 3.63) is 30.3 Å². The monoisotopic (exact) mass is 209 g/mol. The van der Waals surface area contributed by atoms with E-state index in [9.17, 15) is 0 Å². The van der Waals surface area contributed by atoms with Crippen LogP contribution < -0.4 is 15.9 Å². The number of benzene rings is 1. The van der Waals surface area contributed by atoms with Crippen LogP contribution in [0, 0.1) is 0 Å². The highest BCUT2D eigenvalue weighted by Gasteiger charge is 1.87. The van der Waals surface area contributed by atoms with E-state index in [1.165, 1.54) is 0 Å². The lowest BCUT2D eigenvalue weighted by molar-refractivity contribution is 0.380. The van der Waals surface area contributed by atoms with Crippen LogP contribution in [-0.4, -0.2) is 17.9 Å². The van der Waals surface area contributed by atoms with Gasteiger partial charge < -0.3 is 10.5 Å². The number of hydrogen-bond donors (Lipinski definition) is 2. The summed E-state index contributed by atoms with van der Waals surface area (Å²) in [6.45, 7) is 0.375. The maximum atomic E-state index is 5.31. The highest BCUT2D eigenvalue weighted by molar-refractivity contribution is 7.80. The predicted molar refractivity (Wildman–Crippen MR) is 60.4 cm³/mol. The van der Waals surface area contributed by atoms with E-state index < -0.39 is 0 Å². The van der Waals surface area contributed by atoms with Gasteiger partial charge in [-0.15, -0.1) is 0 Å². The fourth-order valence-corrected chi connectivity index (χ4v) is 0.849. The first kappa shape index (κ1) is 10.5. The van der Waals surface area contributed by atoms with Gasteiger partial charge in [0.2, 0.25) is 0 Å². The Morgan fingerprint density at radius 2 is 2.21 bits per heavy atom. The number of nitrogens with zero attached hydrogens (tertiary/aromatic N) is 1. The summed E-state index contributed by atoms with van der Waals surface area (Å²) in [7, 11) is 0. The Labute approximate surface area is 87.8 Å². The van der Waals surface area contributed by atoms with Gasteiger partial charge in [-0.05, 0) is 24.4 Å². The second-order valence-electron chi connectivity index (χ2n) is 2.41. The van der Waals surface area contributed by atoms with Gasteiger partial charge in [-0.25, -0.2) is 0 Å². The Kier molecular flexibility index (Phi) is 4.43. The van der Waals surface area contributed by atoms with Gasteiger partial charge in [0.25, 0.3) is 0 Å². The number of thiocarbonyl (C=S) groups is 1. The van der Waals surface area contributed by atoms with E-state index in [2.05, 4.69) is 22.7 Å². The van der Waals surface area contributed by atoms with Gasteiger partial charge in [0.05, 0.1) is 6.21 Å². The molecule has 14 heavy (non-hydrogen) atoms. The molecule has 0 heterocycles. The van der Waals surface area contributed by atoms with E-state index in [0.717, 1.165) is 5.75 Å². The Morgan fingerprint density at radius 1 is 1.50 bits per heavy atom. The van der Waals surface area contributed by atoms with Crippen LogP contribution in [0.1, 0.15) is 0 Å². The summed E-state index contributed by atoms with van der Waals surface area (Å²) in [5, 5.41) is 3.86. The molecule has 0 aromatic heterocycles. The standard InChI is InChI=1S/C9H11N3OS/c10-9(14)12-11-6-7-13-8-4-2-1-3-5-8/h1-6H,7H2,(H3,10,12,14)/b11-6+. The molecule has 0 aliphatic carbocycles. The number of ether oxygens (including phenoxy) is 1. The minimum Gasteiger partial charge on any atom is -0.488 e. The first-order valence-corrected chi connectivity index (χ1v) is 4.44. The van der Waals surface area contributed by atoms with Gasteiger partial charge in [-0.1, -0.05) is 18.2 Å². The third kappa shape index (κ3) is 4.42. The Bertz CT molecular complexity index is 313. The van der Waals surface area contributed by atoms with Crippen molar-refractivity contribution in [3.8, 4) is 5.75 Å². The first-order valence-electron chi connectivity index (χ1n) is 4.04. The lowest BCUT2D eigenvalue weighted by atomic mass is 10.3. The number of nitrogens with one attached hydrogen (secondary N) is 1. The van der Waals surface area contributed by atoms with Crippen LogP contribution >= 0.6 is 12.2 Å². The second kappa shape index (κ2) is 5.93. The molecule has 0 atom stereocenters. The molecule has 0 aliphatic rings. The molecule has 4 nitrogen and oxygen atoms in total. The molecule has 1 aromatic rings. The van der Waals surface area contributed by atoms with E-state index in [-0.39, 0.29) is 5.11 Å². The maximum absolute atomic E-state index is 5.31. The molecule has 0 unspecified atom stereocenters. The molecule has 0 amide bonds. The third-order valence-electron chi connectivity index (χ3n) is 1.33. The second-order valence-corrected chi connectivity index (χ2v) is 2.85. The van der Waals surface area contributed by atoms with Crippen LogP contribution in [0.2, 0.25) is 0 Å². The van der Waals surface area contributed by atoms with Crippen molar-refractivity contribution < 1.29 is 4.74 Å². The highest BCUT2D eigenvalue weighted by Crippen LogP contribution is 2.06. The zero-order valence-electron chi connectivity index (χ0n) is 7.51. The van der Waals surface area contributed by atoms with Crippen LogP contribution in [-0.2, 0) is 0 Å². The normalized spacial score (nSPS) is 10.0. The Morgan fingerprint density at radius 3 is 2.86 bits per heavy atom. The van der Waals surface area contributed by atoms with Crippen molar-refractivity contribution in [3.63, 3.8) is 0 Å². The maximum Gasteiger partial charge on any atom is 0.184 e. The van der Waals surface area contributed by atoms with Gasteiger partial charge >= 0.3 is 0 Å². The summed E-state index contributed by atoms with van der Waals surface area (Å²) in [6.07, 6.45) is 1.55. The molecule has 1 rings (SSSR count). The number of para-hydroxylation sites is 1. The van der Waals surface area contributed by atoms with Crippen molar-refractivity contribution in [1.29, 1.82) is 0 Å². The molecule has 0 aliphatic heterocycles. The quantitative estimate of drug-likeness (QED) is 0.439. The summed E-state index contributed by atoms with van der Waals surface area (Å²) in [5.74, 6) is 0.800. The van der Waals surface area contributed by atoms with E-state index in [1.54, 1.807) is 6.21 Å². The third-order valence-corrected chi connectivity index (χ3v) is 1.43. The Hall–Kier alpha value is -1.62. The Balaban J connectivity index is 2.22. The molecule has 1 aromatic carbocycles. The SMILES string of the molecule is NC(=S)N/N=C/COc1ccccc1. The van der Waals surface area contributed by atoms with Crippen LogP contribution in [0.4, 0.5) is 0 Å². The summed E-state index contributed by atoms with van der Waals surface area (Å²) in [6, 6.07) is 9.47. The summed E-state index contributed by atoms with van der Waals surface area (Å²) in [4.78, 5) is 0. The molecule has 0 saturated carbocycles. The van der Waals surface area contributed by atoms with Crippen LogP contribution in [0.25, 0.3) is 0 Å². The van der Waals surface area contributed by atoms with Crippen molar-refractivity contribution >= 4 is 23.5 Å². The highest BCUT2D eigenvalue weighted by atomic mass is 32.1. The molecular weight excluding hydrogens is 198 g/mol. The van der Waals surface area contributed by atoms with E-state index in [0.29, 0.717) is 6.61 Å². The molecular formula is C9H11N3OS. The average Bonchev–Trinajstić information content (AvgIpc) is 2.18. The largest absolute Gasteiger partial charge is 0.488 e. The molecule has 74 valence electrons. The zero-order chi connectivity index (χ0) is 10.2. The van der Waals surface area contributed by atoms with Gasteiger partial charge in [0.15, 0.2) is 5.11 Å². The number of rotatable bonds is 4. The lowest BCUT2D eigenvalue weighted by Crippen LogP contribution is -2.24. The van der Waals surface area contributed by atoms with Gasteiger partial charge in [-0.3, -0.25) is 5.43 Å². The number of nitrogens with two attached hydrogens (primary N) is 1. The van der Waals surface area contributed by atoms with Crippen LogP contribution in [0.5, 0.6) is 5.75 Å². The van der Waals surface area contributed by atoms with Crippen molar-refractivity contribution in [1.82, 2.24) is 5.43 Å². The van der Waals surface area contributed by atoms with Crippen molar-refractivity contribution in [2.75, 3.05) is 6.61 Å². The van der Waals surface area contributed by atoms with Gasteiger partial charge in [0, 0.05) is 0 Å². The molecule has 0 radical (unpaired) electrons. The first-order chi connectivity index (χ1) is 6.79. The minimum absolute atomic E-state index is 0.140.